The molecule has 0 aliphatic carbocycles. The lowest BCUT2D eigenvalue weighted by Gasteiger charge is -2.17. The Bertz CT molecular complexity index is 788. The fraction of sp³-hybridized carbons (Fsp3) is 0.333. The molecule has 0 saturated carbocycles. The highest BCUT2D eigenvalue weighted by molar-refractivity contribution is 5.93. The summed E-state index contributed by atoms with van der Waals surface area (Å²) in [5.41, 5.74) is 5.40. The van der Waals surface area contributed by atoms with Crippen molar-refractivity contribution in [1.29, 1.82) is 0 Å². The number of unbranched alkanes of at least 4 members (excludes halogenated alkanes) is 2. The van der Waals surface area contributed by atoms with Gasteiger partial charge >= 0.3 is 0 Å². The second-order valence-corrected chi connectivity index (χ2v) is 6.63. The maximum atomic E-state index is 11.9. The van der Waals surface area contributed by atoms with Crippen molar-refractivity contribution in [2.45, 2.75) is 38.0 Å². The molecule has 2 aromatic rings. The van der Waals surface area contributed by atoms with Crippen LogP contribution in [0.4, 0.5) is 0 Å². The van der Waals surface area contributed by atoms with Crippen molar-refractivity contribution in [3.05, 3.63) is 65.5 Å². The van der Waals surface area contributed by atoms with Crippen LogP contribution in [0.5, 0.6) is 0 Å². The predicted octanol–water partition coefficient (Wildman–Crippen LogP) is 2.81. The van der Waals surface area contributed by atoms with Gasteiger partial charge in [-0.3, -0.25) is 14.6 Å². The van der Waals surface area contributed by atoms with Crippen LogP contribution >= 0.6 is 0 Å². The molecule has 1 aliphatic rings. The van der Waals surface area contributed by atoms with Gasteiger partial charge in [0.2, 0.25) is 5.91 Å². The minimum absolute atomic E-state index is 0.0430. The van der Waals surface area contributed by atoms with Crippen LogP contribution in [0.3, 0.4) is 0 Å². The Morgan fingerprint density at radius 1 is 1.15 bits per heavy atom. The number of nitrogens with one attached hydrogen (secondary N) is 2. The highest BCUT2D eigenvalue weighted by atomic mass is 16.2. The van der Waals surface area contributed by atoms with E-state index < -0.39 is 0 Å². The molecule has 0 radical (unpaired) electrons. The monoisotopic (exact) mass is 364 g/mol. The first-order valence-electron chi connectivity index (χ1n) is 9.32. The lowest BCUT2D eigenvalue weighted by atomic mass is 9.93. The summed E-state index contributed by atoms with van der Waals surface area (Å²) in [5.74, 6) is -0.256. The molecule has 1 aliphatic heterocycles. The normalized spacial score (nSPS) is 16.0. The van der Waals surface area contributed by atoms with Gasteiger partial charge in [-0.15, -0.1) is 0 Å². The summed E-state index contributed by atoms with van der Waals surface area (Å²) in [7, 11) is 0. The maximum Gasteiger partial charge on any atom is 0.252 e. The van der Waals surface area contributed by atoms with E-state index in [-0.39, 0.29) is 17.7 Å². The fourth-order valence-electron chi connectivity index (χ4n) is 3.09. The molecule has 0 spiro atoms. The molecule has 27 heavy (non-hydrogen) atoms. The van der Waals surface area contributed by atoms with Crippen LogP contribution in [0.1, 0.15) is 53.1 Å². The summed E-state index contributed by atoms with van der Waals surface area (Å²) >= 11 is 0. The number of nitrogens with zero attached hydrogens (tertiary/aromatic N) is 2. The third kappa shape index (κ3) is 5.48. The van der Waals surface area contributed by atoms with E-state index in [1.807, 2.05) is 12.1 Å². The highest BCUT2D eigenvalue weighted by Gasteiger charge is 2.21. The Labute approximate surface area is 159 Å². The van der Waals surface area contributed by atoms with Gasteiger partial charge < -0.3 is 5.32 Å². The lowest BCUT2D eigenvalue weighted by Crippen LogP contribution is -2.29. The second-order valence-electron chi connectivity index (χ2n) is 6.63. The van der Waals surface area contributed by atoms with Gasteiger partial charge in [0.15, 0.2) is 0 Å². The molecule has 2 heterocycles. The molecule has 6 nitrogen and oxygen atoms in total. The number of hydrazone groups is 1. The van der Waals surface area contributed by atoms with Gasteiger partial charge in [-0.1, -0.05) is 30.7 Å². The summed E-state index contributed by atoms with van der Waals surface area (Å²) in [6.45, 7) is 0.672. The predicted molar refractivity (Wildman–Crippen MR) is 105 cm³/mol. The first kappa shape index (κ1) is 18.8. The third-order valence-electron chi connectivity index (χ3n) is 4.66. The van der Waals surface area contributed by atoms with Crippen molar-refractivity contribution < 1.29 is 9.59 Å². The zero-order chi connectivity index (χ0) is 18.9. The van der Waals surface area contributed by atoms with E-state index in [2.05, 4.69) is 33.0 Å². The van der Waals surface area contributed by atoms with E-state index in [0.717, 1.165) is 31.2 Å². The van der Waals surface area contributed by atoms with Crippen LogP contribution in [0.2, 0.25) is 0 Å². The Kier molecular flexibility index (Phi) is 6.68. The molecular formula is C21H24N4O2. The van der Waals surface area contributed by atoms with E-state index in [1.165, 1.54) is 5.56 Å². The molecule has 1 unspecified atom stereocenters. The van der Waals surface area contributed by atoms with Crippen LogP contribution in [-0.4, -0.2) is 29.6 Å². The largest absolute Gasteiger partial charge is 0.352 e. The molecule has 1 atom stereocenters. The average molecular weight is 364 g/mol. The summed E-state index contributed by atoms with van der Waals surface area (Å²) in [4.78, 5) is 27.7. The fourth-order valence-corrected chi connectivity index (χ4v) is 3.09. The Hall–Kier alpha value is -3.02. The van der Waals surface area contributed by atoms with Gasteiger partial charge in [-0.25, -0.2) is 5.43 Å². The van der Waals surface area contributed by atoms with Crippen LogP contribution in [0, 0.1) is 0 Å². The van der Waals surface area contributed by atoms with Crippen molar-refractivity contribution in [3.8, 4) is 0 Å². The van der Waals surface area contributed by atoms with Gasteiger partial charge in [0.25, 0.3) is 5.91 Å². The van der Waals surface area contributed by atoms with E-state index in [9.17, 15) is 9.59 Å². The van der Waals surface area contributed by atoms with E-state index >= 15 is 0 Å². The van der Waals surface area contributed by atoms with Crippen molar-refractivity contribution in [2.24, 2.45) is 5.10 Å². The van der Waals surface area contributed by atoms with Gasteiger partial charge in [0.1, 0.15) is 0 Å². The zero-order valence-corrected chi connectivity index (χ0v) is 15.2. The van der Waals surface area contributed by atoms with Crippen molar-refractivity contribution in [2.75, 3.05) is 6.54 Å². The van der Waals surface area contributed by atoms with Crippen LogP contribution < -0.4 is 10.7 Å². The number of carbonyl (C=O) groups excluding carboxylic acids is 2. The third-order valence-corrected chi connectivity index (χ3v) is 4.66. The average Bonchev–Trinajstić information content (AvgIpc) is 2.72. The van der Waals surface area contributed by atoms with Crippen molar-refractivity contribution >= 4 is 18.0 Å². The Morgan fingerprint density at radius 2 is 2.00 bits per heavy atom. The first-order chi connectivity index (χ1) is 13.2. The van der Waals surface area contributed by atoms with E-state index in [0.29, 0.717) is 18.5 Å². The number of hydrogen-bond acceptors (Lipinski definition) is 4. The number of benzene rings is 1. The summed E-state index contributed by atoms with van der Waals surface area (Å²) in [5, 5.41) is 6.71. The topological polar surface area (TPSA) is 83.5 Å². The molecule has 3 rings (SSSR count). The SMILES string of the molecule is O=C(NCCCCCc1ccc(C2CC=NNC2=O)cc1)c1cccnc1. The molecule has 1 aromatic carbocycles. The molecule has 0 bridgehead atoms. The number of aromatic nitrogens is 1. The quantitative estimate of drug-likeness (QED) is 0.707. The molecule has 2 amide bonds. The summed E-state index contributed by atoms with van der Waals surface area (Å²) in [6.07, 6.45) is 9.68. The van der Waals surface area contributed by atoms with Gasteiger partial charge in [-0.05, 0) is 42.5 Å². The van der Waals surface area contributed by atoms with Crippen LogP contribution in [-0.2, 0) is 11.2 Å². The number of amides is 2. The zero-order valence-electron chi connectivity index (χ0n) is 15.2. The molecule has 140 valence electrons. The van der Waals surface area contributed by atoms with E-state index in [4.69, 9.17) is 0 Å². The number of aryl methyl sites for hydroxylation is 1. The molecule has 6 heteroatoms. The summed E-state index contributed by atoms with van der Waals surface area (Å²) in [6, 6.07) is 11.8. The van der Waals surface area contributed by atoms with Gasteiger partial charge in [0, 0.05) is 31.6 Å². The van der Waals surface area contributed by atoms with Crippen LogP contribution in [0.25, 0.3) is 0 Å². The minimum Gasteiger partial charge on any atom is -0.352 e. The minimum atomic E-state index is -0.139. The highest BCUT2D eigenvalue weighted by Crippen LogP contribution is 2.22. The number of hydrogen-bond donors (Lipinski definition) is 2. The standard InChI is InChI=1S/C21H24N4O2/c26-20(18-6-4-12-22-15-18)23-13-3-1-2-5-16-7-9-17(10-8-16)19-11-14-24-25-21(19)27/h4,6-10,12,14-15,19H,1-3,5,11,13H2,(H,23,26)(H,25,27). The molecular weight excluding hydrogens is 340 g/mol. The van der Waals surface area contributed by atoms with Crippen molar-refractivity contribution in [3.63, 3.8) is 0 Å². The Balaban J connectivity index is 1.34. The summed E-state index contributed by atoms with van der Waals surface area (Å²) < 4.78 is 0. The lowest BCUT2D eigenvalue weighted by molar-refractivity contribution is -0.122. The van der Waals surface area contributed by atoms with Crippen LogP contribution in [0.15, 0.2) is 53.9 Å². The maximum absolute atomic E-state index is 11.9. The number of rotatable bonds is 8. The number of pyridine rings is 1. The second kappa shape index (κ2) is 9.62. The molecule has 0 saturated heterocycles. The van der Waals surface area contributed by atoms with Gasteiger partial charge in [0.05, 0.1) is 11.5 Å². The van der Waals surface area contributed by atoms with E-state index in [1.54, 1.807) is 30.7 Å². The number of carbonyl (C=O) groups is 2. The van der Waals surface area contributed by atoms with Gasteiger partial charge in [-0.2, -0.15) is 5.10 Å². The first-order valence-corrected chi connectivity index (χ1v) is 9.32. The Morgan fingerprint density at radius 3 is 2.74 bits per heavy atom. The molecule has 1 aromatic heterocycles. The van der Waals surface area contributed by atoms with Crippen molar-refractivity contribution in [1.82, 2.24) is 15.7 Å². The molecule has 0 fully saturated rings. The molecule has 2 N–H and O–H groups in total. The smallest absolute Gasteiger partial charge is 0.252 e.